The second-order valence-corrected chi connectivity index (χ2v) is 4.86. The first-order chi connectivity index (χ1) is 7.27. The average Bonchev–Trinajstić information content (AvgIpc) is 2.25. The molecule has 2 nitrogen and oxygen atoms in total. The van der Waals surface area contributed by atoms with E-state index in [1.807, 2.05) is 11.8 Å². The zero-order valence-corrected chi connectivity index (χ0v) is 11.2. The van der Waals surface area contributed by atoms with Gasteiger partial charge in [0.15, 0.2) is 5.17 Å². The maximum atomic E-state index is 4.48. The van der Waals surface area contributed by atoms with Gasteiger partial charge >= 0.3 is 0 Å². The molecule has 0 bridgehead atoms. The number of amidine groups is 1. The van der Waals surface area contributed by atoms with Crippen molar-refractivity contribution in [2.45, 2.75) is 20.3 Å². The van der Waals surface area contributed by atoms with Crippen molar-refractivity contribution in [2.24, 2.45) is 4.99 Å². The molecule has 0 spiro atoms. The fraction of sp³-hybridized carbons (Fsp3) is 0.417. The Bertz CT molecular complexity index is 370. The van der Waals surface area contributed by atoms with Crippen LogP contribution in [0.5, 0.6) is 0 Å². The minimum atomic E-state index is 0. The molecule has 0 saturated heterocycles. The molecular weight excluding hydrogens is 240 g/mol. The number of thioether (sulfide) groups is 1. The molecule has 0 atom stereocenters. The van der Waals surface area contributed by atoms with Gasteiger partial charge in [-0.25, -0.2) is 0 Å². The first-order valence-corrected chi connectivity index (χ1v) is 6.26. The normalized spacial score (nSPS) is 15.0. The maximum Gasteiger partial charge on any atom is 0.161 e. The van der Waals surface area contributed by atoms with Crippen LogP contribution in [0.1, 0.15) is 17.5 Å². The molecule has 1 aliphatic rings. The standard InChI is InChI=1S/C12H16N2S.ClH/c1-9-5-3-6-10(2)11(9)14-12-13-7-4-8-15-12;/h3,5-6H,4,7-8H2,1-2H3,(H,13,14);1H/p-1. The number of hydrogen-bond acceptors (Lipinski definition) is 3. The van der Waals surface area contributed by atoms with Crippen LogP contribution in [0.4, 0.5) is 5.69 Å². The average molecular weight is 256 g/mol. The summed E-state index contributed by atoms with van der Waals surface area (Å²) in [6.45, 7) is 5.22. The van der Waals surface area contributed by atoms with E-state index in [1.165, 1.54) is 29.0 Å². The van der Waals surface area contributed by atoms with Crippen LogP contribution < -0.4 is 17.7 Å². The highest BCUT2D eigenvalue weighted by atomic mass is 35.5. The number of aryl methyl sites for hydroxylation is 2. The number of benzene rings is 1. The first kappa shape index (κ1) is 13.4. The van der Waals surface area contributed by atoms with Crippen molar-refractivity contribution >= 4 is 22.6 Å². The monoisotopic (exact) mass is 255 g/mol. The van der Waals surface area contributed by atoms with E-state index in [2.05, 4.69) is 42.4 Å². The molecule has 16 heavy (non-hydrogen) atoms. The Morgan fingerprint density at radius 3 is 2.50 bits per heavy atom. The van der Waals surface area contributed by atoms with Gasteiger partial charge < -0.3 is 17.7 Å². The molecule has 0 aliphatic carbocycles. The summed E-state index contributed by atoms with van der Waals surface area (Å²) < 4.78 is 0. The second kappa shape index (κ2) is 6.16. The molecule has 0 unspecified atom stereocenters. The second-order valence-electron chi connectivity index (χ2n) is 3.78. The van der Waals surface area contributed by atoms with Crippen molar-refractivity contribution in [2.75, 3.05) is 17.6 Å². The van der Waals surface area contributed by atoms with Crippen molar-refractivity contribution in [3.63, 3.8) is 0 Å². The topological polar surface area (TPSA) is 24.4 Å². The fourth-order valence-corrected chi connectivity index (χ4v) is 2.48. The molecule has 0 fully saturated rings. The Morgan fingerprint density at radius 1 is 1.25 bits per heavy atom. The molecule has 1 heterocycles. The van der Waals surface area contributed by atoms with Gasteiger partial charge in [0.25, 0.3) is 0 Å². The lowest BCUT2D eigenvalue weighted by atomic mass is 10.1. The molecule has 1 aromatic carbocycles. The lowest BCUT2D eigenvalue weighted by molar-refractivity contribution is -0.00000310. The number of rotatable bonds is 1. The zero-order chi connectivity index (χ0) is 10.7. The van der Waals surface area contributed by atoms with Gasteiger partial charge in [-0.2, -0.15) is 0 Å². The summed E-state index contributed by atoms with van der Waals surface area (Å²) in [6.07, 6.45) is 1.20. The van der Waals surface area contributed by atoms with E-state index in [1.54, 1.807) is 0 Å². The van der Waals surface area contributed by atoms with Crippen molar-refractivity contribution < 1.29 is 12.4 Å². The Kier molecular flexibility index (Phi) is 5.16. The zero-order valence-electron chi connectivity index (χ0n) is 9.59. The largest absolute Gasteiger partial charge is 1.00 e. The summed E-state index contributed by atoms with van der Waals surface area (Å²) in [5, 5.41) is 4.50. The lowest BCUT2D eigenvalue weighted by Gasteiger charge is -2.16. The van der Waals surface area contributed by atoms with Gasteiger partial charge in [-0.05, 0) is 31.4 Å². The highest BCUT2D eigenvalue weighted by Crippen LogP contribution is 2.22. The van der Waals surface area contributed by atoms with Gasteiger partial charge in [0.1, 0.15) is 0 Å². The molecule has 1 N–H and O–H groups in total. The summed E-state index contributed by atoms with van der Waals surface area (Å²) in [6, 6.07) is 6.35. The molecule has 1 aromatic rings. The highest BCUT2D eigenvalue weighted by molar-refractivity contribution is 8.14. The smallest absolute Gasteiger partial charge is 0.161 e. The van der Waals surface area contributed by atoms with Crippen LogP contribution in [0.2, 0.25) is 0 Å². The van der Waals surface area contributed by atoms with Crippen molar-refractivity contribution in [3.05, 3.63) is 29.3 Å². The summed E-state index contributed by atoms with van der Waals surface area (Å²) in [7, 11) is 0. The summed E-state index contributed by atoms with van der Waals surface area (Å²) >= 11 is 1.81. The molecule has 88 valence electrons. The van der Waals surface area contributed by atoms with Gasteiger partial charge in [0, 0.05) is 18.0 Å². The van der Waals surface area contributed by atoms with Crippen LogP contribution >= 0.6 is 11.8 Å². The van der Waals surface area contributed by atoms with Gasteiger partial charge in [-0.15, -0.1) is 0 Å². The Labute approximate surface area is 107 Å². The molecular formula is C12H16ClN2S-. The molecule has 4 heteroatoms. The van der Waals surface area contributed by atoms with Crippen molar-refractivity contribution in [3.8, 4) is 0 Å². The number of para-hydroxylation sites is 1. The fourth-order valence-electron chi connectivity index (χ4n) is 1.65. The van der Waals surface area contributed by atoms with E-state index in [-0.39, 0.29) is 12.4 Å². The lowest BCUT2D eigenvalue weighted by Crippen LogP contribution is -3.00. The number of nitrogens with zero attached hydrogens (tertiary/aromatic N) is 1. The number of halogens is 1. The van der Waals surface area contributed by atoms with Gasteiger partial charge in [0.05, 0.1) is 0 Å². The number of aliphatic imine (C=N–C) groups is 1. The third kappa shape index (κ3) is 3.16. The minimum Gasteiger partial charge on any atom is -1.00 e. The molecule has 0 amide bonds. The van der Waals surface area contributed by atoms with Crippen LogP contribution in [0, 0.1) is 13.8 Å². The number of nitrogens with one attached hydrogen (secondary N) is 1. The quantitative estimate of drug-likeness (QED) is 0.776. The van der Waals surface area contributed by atoms with E-state index in [0.717, 1.165) is 11.7 Å². The van der Waals surface area contributed by atoms with Crippen LogP contribution in [0.3, 0.4) is 0 Å². The van der Waals surface area contributed by atoms with Crippen molar-refractivity contribution in [1.82, 2.24) is 0 Å². The van der Waals surface area contributed by atoms with E-state index in [4.69, 9.17) is 0 Å². The van der Waals surface area contributed by atoms with Crippen LogP contribution in [-0.4, -0.2) is 17.5 Å². The maximum absolute atomic E-state index is 4.48. The van der Waals surface area contributed by atoms with Gasteiger partial charge in [-0.3, -0.25) is 4.99 Å². The van der Waals surface area contributed by atoms with E-state index in [9.17, 15) is 0 Å². The van der Waals surface area contributed by atoms with E-state index >= 15 is 0 Å². The third-order valence-electron chi connectivity index (χ3n) is 2.51. The molecule has 0 saturated carbocycles. The SMILES string of the molecule is Cc1cccc(C)c1NC1=NCCCS1.[Cl-]. The number of hydrogen-bond donors (Lipinski definition) is 1. The summed E-state index contributed by atoms with van der Waals surface area (Å²) in [5.41, 5.74) is 3.78. The van der Waals surface area contributed by atoms with Crippen LogP contribution in [0.15, 0.2) is 23.2 Å². The Hall–Kier alpha value is -0.670. The van der Waals surface area contributed by atoms with E-state index in [0.29, 0.717) is 0 Å². The first-order valence-electron chi connectivity index (χ1n) is 5.28. The molecule has 1 aliphatic heterocycles. The van der Waals surface area contributed by atoms with Gasteiger partial charge in [-0.1, -0.05) is 30.0 Å². The molecule has 0 radical (unpaired) electrons. The van der Waals surface area contributed by atoms with Crippen molar-refractivity contribution in [1.29, 1.82) is 0 Å². The highest BCUT2D eigenvalue weighted by Gasteiger charge is 2.08. The van der Waals surface area contributed by atoms with E-state index < -0.39 is 0 Å². The Morgan fingerprint density at radius 2 is 1.94 bits per heavy atom. The van der Waals surface area contributed by atoms with Gasteiger partial charge in [0.2, 0.25) is 0 Å². The Balaban J connectivity index is 0.00000128. The predicted molar refractivity (Wildman–Crippen MR) is 68.9 cm³/mol. The summed E-state index contributed by atoms with van der Waals surface area (Å²) in [4.78, 5) is 4.48. The van der Waals surface area contributed by atoms with Crippen LogP contribution in [-0.2, 0) is 0 Å². The minimum absolute atomic E-state index is 0. The summed E-state index contributed by atoms with van der Waals surface area (Å²) in [5.74, 6) is 1.18. The molecule has 0 aromatic heterocycles. The van der Waals surface area contributed by atoms with Crippen LogP contribution in [0.25, 0.3) is 0 Å². The third-order valence-corrected chi connectivity index (χ3v) is 3.51. The predicted octanol–water partition coefficient (Wildman–Crippen LogP) is 0.212. The molecule has 2 rings (SSSR count). The number of anilines is 1.